The predicted octanol–water partition coefficient (Wildman–Crippen LogP) is 6.66. The van der Waals surface area contributed by atoms with Crippen LogP contribution in [-0.2, 0) is 17.0 Å². The van der Waals surface area contributed by atoms with Crippen molar-refractivity contribution in [3.8, 4) is 11.1 Å². The number of hydrogen-bond donors (Lipinski definition) is 3. The van der Waals surface area contributed by atoms with Crippen LogP contribution >= 0.6 is 11.9 Å². The summed E-state index contributed by atoms with van der Waals surface area (Å²) in [5.41, 5.74) is 5.32. The molecule has 0 saturated heterocycles. The van der Waals surface area contributed by atoms with Crippen molar-refractivity contribution in [1.82, 2.24) is 9.62 Å². The van der Waals surface area contributed by atoms with Gasteiger partial charge in [-0.25, -0.2) is 4.79 Å². The van der Waals surface area contributed by atoms with Gasteiger partial charge < -0.3 is 15.5 Å². The summed E-state index contributed by atoms with van der Waals surface area (Å²) in [4.78, 5) is 10.9. The van der Waals surface area contributed by atoms with Crippen molar-refractivity contribution < 1.29 is 15.0 Å². The van der Waals surface area contributed by atoms with Crippen LogP contribution < -0.4 is 5.32 Å². The summed E-state index contributed by atoms with van der Waals surface area (Å²) in [6.45, 7) is 5.41. The number of nitrogens with one attached hydrogen (secondary N) is 1. The highest BCUT2D eigenvalue weighted by atomic mass is 32.2. The van der Waals surface area contributed by atoms with E-state index >= 15 is 0 Å². The molecule has 0 aromatic heterocycles. The minimum absolute atomic E-state index is 0.151. The Kier molecular flexibility index (Phi) is 10.2. The lowest BCUT2D eigenvalue weighted by Crippen LogP contribution is -2.46. The molecule has 0 heterocycles. The smallest absolute Gasteiger partial charge is 0.328 e. The molecule has 3 N–H and O–H groups in total. The lowest BCUT2D eigenvalue weighted by molar-refractivity contribution is -0.131. The molecule has 0 radical (unpaired) electrons. The van der Waals surface area contributed by atoms with Gasteiger partial charge in [-0.15, -0.1) is 0 Å². The first-order chi connectivity index (χ1) is 19.2. The second kappa shape index (κ2) is 13.8. The molecule has 4 rings (SSSR count). The summed E-state index contributed by atoms with van der Waals surface area (Å²) >= 11 is 1.68. The summed E-state index contributed by atoms with van der Waals surface area (Å²) in [6, 6.07) is 31.2. The average Bonchev–Trinajstić information content (AvgIpc) is 2.94. The van der Waals surface area contributed by atoms with Gasteiger partial charge in [-0.2, -0.15) is 0 Å². The van der Waals surface area contributed by atoms with Gasteiger partial charge in [0.1, 0.15) is 0 Å². The molecule has 0 saturated carbocycles. The lowest BCUT2D eigenvalue weighted by Gasteiger charge is -2.29. The molecule has 0 unspecified atom stereocenters. The molecule has 0 fully saturated rings. The number of carboxylic acid groups (broad SMARTS) is 1. The van der Waals surface area contributed by atoms with E-state index in [1.54, 1.807) is 18.0 Å². The number of fused-ring (bicyclic) bond motifs is 1. The van der Waals surface area contributed by atoms with Crippen LogP contribution in [0.1, 0.15) is 30.5 Å². The van der Waals surface area contributed by atoms with Crippen molar-refractivity contribution in [3.05, 3.63) is 114 Å². The van der Waals surface area contributed by atoms with Crippen molar-refractivity contribution >= 4 is 34.8 Å². The van der Waals surface area contributed by atoms with Crippen molar-refractivity contribution in [2.75, 3.05) is 20.1 Å². The number of likely N-dealkylation sites (N-methyl/N-ethyl adjacent to an activating group) is 1. The molecule has 5 nitrogen and oxygen atoms in total. The van der Waals surface area contributed by atoms with Gasteiger partial charge in [-0.3, -0.25) is 4.31 Å². The quantitative estimate of drug-likeness (QED) is 0.127. The number of hydrogen-bond acceptors (Lipinski definition) is 5. The topological polar surface area (TPSA) is 72.8 Å². The number of carbonyl (C=O) groups is 1. The number of nitrogens with zero attached hydrogens (tertiary/aromatic N) is 1. The van der Waals surface area contributed by atoms with E-state index in [1.807, 2.05) is 43.4 Å². The van der Waals surface area contributed by atoms with E-state index in [9.17, 15) is 9.90 Å². The molecule has 0 aliphatic heterocycles. The van der Waals surface area contributed by atoms with Crippen LogP contribution in [0.15, 0.2) is 97.1 Å². The third kappa shape index (κ3) is 8.80. The number of β-amino-alcohol motifs (C(OH)–C–C–N with tert-alkyl or cyclic N) is 1. The summed E-state index contributed by atoms with van der Waals surface area (Å²) in [5.74, 6) is -0.203. The van der Waals surface area contributed by atoms with Crippen LogP contribution in [0.5, 0.6) is 0 Å². The molecule has 0 spiro atoms. The molecule has 0 bridgehead atoms. The average molecular weight is 555 g/mol. The Morgan fingerprint density at radius 2 is 1.73 bits per heavy atom. The van der Waals surface area contributed by atoms with Gasteiger partial charge in [0.2, 0.25) is 0 Å². The summed E-state index contributed by atoms with van der Waals surface area (Å²) in [7, 11) is 2.01. The number of rotatable bonds is 13. The first kappa shape index (κ1) is 29.6. The summed E-state index contributed by atoms with van der Waals surface area (Å²) in [6.07, 6.45) is 3.14. The fourth-order valence-electron chi connectivity index (χ4n) is 4.81. The van der Waals surface area contributed by atoms with E-state index in [0.717, 1.165) is 34.9 Å². The first-order valence-electron chi connectivity index (χ1n) is 13.5. The Labute approximate surface area is 241 Å². The highest BCUT2D eigenvalue weighted by Gasteiger charge is 2.20. The Hall–Kier alpha value is -3.42. The van der Waals surface area contributed by atoms with Gasteiger partial charge in [-0.1, -0.05) is 96.9 Å². The Bertz CT molecular complexity index is 1470. The zero-order valence-corrected chi connectivity index (χ0v) is 24.2. The molecule has 4 aromatic carbocycles. The van der Waals surface area contributed by atoms with Crippen LogP contribution in [0.2, 0.25) is 0 Å². The molecule has 4 aromatic rings. The van der Waals surface area contributed by atoms with E-state index in [1.165, 1.54) is 21.9 Å². The van der Waals surface area contributed by atoms with Crippen LogP contribution in [0.3, 0.4) is 0 Å². The van der Waals surface area contributed by atoms with Gasteiger partial charge >= 0.3 is 5.97 Å². The number of benzene rings is 4. The minimum Gasteiger partial charge on any atom is -0.478 e. The molecular weight excluding hydrogens is 516 g/mol. The SMILES string of the molecule is CN(C[C@H](O)CNC(C)(C)Cc1ccc2ccccc2c1)SCc1ccccc1-c1cccc(/C=C/C(=O)O)c1. The standard InChI is InChI=1S/C34H38N2O3S/c1-34(2,21-26-15-17-27-10-4-5-11-28(27)20-26)35-22-31(37)23-36(3)40-24-30-12-6-7-14-32(30)29-13-8-9-25(19-29)16-18-33(38)39/h4-20,31,35,37H,21-24H2,1-3H3,(H,38,39)/b18-16+/t31-/m1/s1. The van der Waals surface area contributed by atoms with Crippen LogP contribution in [-0.4, -0.2) is 52.3 Å². The number of carboxylic acids is 1. The van der Waals surface area contributed by atoms with Crippen molar-refractivity contribution in [2.45, 2.75) is 37.7 Å². The third-order valence-corrected chi connectivity index (χ3v) is 7.85. The van der Waals surface area contributed by atoms with E-state index < -0.39 is 12.1 Å². The zero-order valence-electron chi connectivity index (χ0n) is 23.4. The highest BCUT2D eigenvalue weighted by Crippen LogP contribution is 2.29. The third-order valence-electron chi connectivity index (χ3n) is 6.82. The monoisotopic (exact) mass is 554 g/mol. The second-order valence-corrected chi connectivity index (χ2v) is 12.0. The maximum absolute atomic E-state index is 10.9. The number of aliphatic carboxylic acids is 1. The van der Waals surface area contributed by atoms with Crippen molar-refractivity contribution in [2.24, 2.45) is 0 Å². The maximum atomic E-state index is 10.9. The molecule has 0 amide bonds. The van der Waals surface area contributed by atoms with Crippen molar-refractivity contribution in [1.29, 1.82) is 0 Å². The summed E-state index contributed by atoms with van der Waals surface area (Å²) in [5, 5.41) is 25.8. The largest absolute Gasteiger partial charge is 0.478 e. The number of aliphatic hydroxyl groups excluding tert-OH is 1. The Morgan fingerprint density at radius 1 is 0.975 bits per heavy atom. The first-order valence-corrected chi connectivity index (χ1v) is 14.5. The van der Waals surface area contributed by atoms with Gasteiger partial charge in [0.05, 0.1) is 6.10 Å². The fourth-order valence-corrected chi connectivity index (χ4v) is 5.70. The second-order valence-electron chi connectivity index (χ2n) is 10.8. The maximum Gasteiger partial charge on any atom is 0.328 e. The van der Waals surface area contributed by atoms with E-state index in [4.69, 9.17) is 5.11 Å². The molecule has 1 atom stereocenters. The van der Waals surface area contributed by atoms with Gasteiger partial charge in [0.25, 0.3) is 0 Å². The van der Waals surface area contributed by atoms with Gasteiger partial charge in [-0.05, 0) is 78.0 Å². The van der Waals surface area contributed by atoms with Crippen LogP contribution in [0.4, 0.5) is 0 Å². The van der Waals surface area contributed by atoms with E-state index in [0.29, 0.717) is 13.1 Å². The molecule has 6 heteroatoms. The predicted molar refractivity (Wildman–Crippen MR) is 168 cm³/mol. The molecule has 0 aliphatic carbocycles. The summed E-state index contributed by atoms with van der Waals surface area (Å²) < 4.78 is 2.09. The van der Waals surface area contributed by atoms with E-state index in [2.05, 4.69) is 78.1 Å². The number of aliphatic hydroxyl groups is 1. The molecular formula is C34H38N2O3S. The molecule has 40 heavy (non-hydrogen) atoms. The molecule has 208 valence electrons. The zero-order chi connectivity index (χ0) is 28.5. The van der Waals surface area contributed by atoms with E-state index in [-0.39, 0.29) is 5.54 Å². The Balaban J connectivity index is 1.29. The lowest BCUT2D eigenvalue weighted by atomic mass is 9.93. The Morgan fingerprint density at radius 3 is 2.52 bits per heavy atom. The van der Waals surface area contributed by atoms with Gasteiger partial charge in [0, 0.05) is 30.5 Å². The highest BCUT2D eigenvalue weighted by molar-refractivity contribution is 7.96. The normalized spacial score (nSPS) is 12.8. The molecule has 0 aliphatic rings. The minimum atomic E-state index is -0.962. The van der Waals surface area contributed by atoms with Gasteiger partial charge in [0.15, 0.2) is 0 Å². The van der Waals surface area contributed by atoms with Crippen LogP contribution in [0.25, 0.3) is 28.0 Å². The fraction of sp³-hybridized carbons (Fsp3) is 0.265. The van der Waals surface area contributed by atoms with Crippen molar-refractivity contribution in [3.63, 3.8) is 0 Å². The van der Waals surface area contributed by atoms with Crippen LogP contribution in [0, 0.1) is 0 Å².